The smallest absolute Gasteiger partial charge is 0.228 e. The Morgan fingerprint density at radius 2 is 1.69 bits per heavy atom. The molecule has 0 radical (unpaired) electrons. The van der Waals surface area contributed by atoms with E-state index in [0.29, 0.717) is 23.0 Å². The van der Waals surface area contributed by atoms with Gasteiger partial charge in [0.1, 0.15) is 0 Å². The van der Waals surface area contributed by atoms with Gasteiger partial charge in [-0.05, 0) is 48.6 Å². The second kappa shape index (κ2) is 7.50. The van der Waals surface area contributed by atoms with Gasteiger partial charge in [0.05, 0.1) is 11.8 Å². The highest BCUT2D eigenvalue weighted by atomic mass is 35.5. The zero-order valence-electron chi connectivity index (χ0n) is 15.2. The normalized spacial score (nSPS) is 18.5. The number of hydrogen-bond acceptors (Lipinski definition) is 2. The molecule has 2 amide bonds. The van der Waals surface area contributed by atoms with Crippen LogP contribution in [-0.4, -0.2) is 11.8 Å². The van der Waals surface area contributed by atoms with Crippen molar-refractivity contribution >= 4 is 34.8 Å². The van der Waals surface area contributed by atoms with Crippen molar-refractivity contribution in [2.45, 2.75) is 33.1 Å². The first-order chi connectivity index (χ1) is 12.4. The van der Waals surface area contributed by atoms with Gasteiger partial charge in [0.2, 0.25) is 11.8 Å². The van der Waals surface area contributed by atoms with Gasteiger partial charge in [0.15, 0.2) is 0 Å². The van der Waals surface area contributed by atoms with E-state index in [1.54, 1.807) is 24.3 Å². The maximum absolute atomic E-state index is 12.6. The number of benzene rings is 2. The zero-order valence-corrected chi connectivity index (χ0v) is 15.9. The van der Waals surface area contributed by atoms with Gasteiger partial charge in [-0.3, -0.25) is 9.59 Å². The maximum atomic E-state index is 12.6. The summed E-state index contributed by atoms with van der Waals surface area (Å²) >= 11 is 5.93. The van der Waals surface area contributed by atoms with E-state index in [1.807, 2.05) is 25.1 Å². The highest BCUT2D eigenvalue weighted by molar-refractivity contribution is 6.30. The van der Waals surface area contributed by atoms with Gasteiger partial charge in [-0.2, -0.15) is 0 Å². The Kier molecular flexibility index (Phi) is 5.33. The summed E-state index contributed by atoms with van der Waals surface area (Å²) in [6.45, 7) is 6.18. The fourth-order valence-corrected chi connectivity index (χ4v) is 3.32. The molecule has 5 heteroatoms. The van der Waals surface area contributed by atoms with Gasteiger partial charge in [0.25, 0.3) is 0 Å². The molecule has 0 heterocycles. The number of anilines is 2. The molecule has 0 bridgehead atoms. The number of hydrogen-bond donors (Lipinski definition) is 2. The molecule has 0 aliphatic heterocycles. The van der Waals surface area contributed by atoms with Crippen molar-refractivity contribution in [3.05, 3.63) is 58.6 Å². The van der Waals surface area contributed by atoms with E-state index in [4.69, 9.17) is 11.6 Å². The summed E-state index contributed by atoms with van der Waals surface area (Å²) in [5.74, 6) is -0.491. The fraction of sp³-hybridized carbons (Fsp3) is 0.333. The number of amides is 2. The molecule has 2 N–H and O–H groups in total. The van der Waals surface area contributed by atoms with Gasteiger partial charge >= 0.3 is 0 Å². The number of para-hydroxylation sites is 1. The van der Waals surface area contributed by atoms with E-state index in [0.717, 1.165) is 16.8 Å². The van der Waals surface area contributed by atoms with E-state index in [1.165, 1.54) is 0 Å². The standard InChI is InChI=1S/C21H23ClN2O2/c1-12(2)16-9-4-6-13(3)19(16)24-21(26)18-11-17(18)20(25)23-15-8-5-7-14(22)10-15/h4-10,12,17-18H,11H2,1-3H3,(H,23,25)(H,24,26). The Hall–Kier alpha value is -2.33. The van der Waals surface area contributed by atoms with Crippen molar-refractivity contribution < 1.29 is 9.59 Å². The van der Waals surface area contributed by atoms with Crippen LogP contribution in [0.25, 0.3) is 0 Å². The average molecular weight is 371 g/mol. The van der Waals surface area contributed by atoms with Crippen molar-refractivity contribution in [1.29, 1.82) is 0 Å². The number of halogens is 1. The first kappa shape index (κ1) is 18.5. The topological polar surface area (TPSA) is 58.2 Å². The van der Waals surface area contributed by atoms with Crippen molar-refractivity contribution in [2.75, 3.05) is 10.6 Å². The van der Waals surface area contributed by atoms with Crippen LogP contribution in [-0.2, 0) is 9.59 Å². The van der Waals surface area contributed by atoms with Crippen LogP contribution in [0.2, 0.25) is 5.02 Å². The summed E-state index contributed by atoms with van der Waals surface area (Å²) in [5, 5.41) is 6.43. The van der Waals surface area contributed by atoms with Gasteiger partial charge < -0.3 is 10.6 Å². The average Bonchev–Trinajstić information content (AvgIpc) is 3.37. The highest BCUT2D eigenvalue weighted by Crippen LogP contribution is 2.41. The van der Waals surface area contributed by atoms with Crippen LogP contribution in [0.5, 0.6) is 0 Å². The maximum Gasteiger partial charge on any atom is 0.228 e. The van der Waals surface area contributed by atoms with E-state index in [9.17, 15) is 9.59 Å². The van der Waals surface area contributed by atoms with Crippen LogP contribution in [0.1, 0.15) is 37.3 Å². The lowest BCUT2D eigenvalue weighted by molar-refractivity contribution is -0.122. The van der Waals surface area contributed by atoms with Gasteiger partial charge in [-0.1, -0.05) is 49.7 Å². The summed E-state index contributed by atoms with van der Waals surface area (Å²) in [7, 11) is 0. The predicted molar refractivity (Wildman–Crippen MR) is 106 cm³/mol. The third-order valence-corrected chi connectivity index (χ3v) is 4.97. The van der Waals surface area contributed by atoms with Crippen LogP contribution in [0.3, 0.4) is 0 Å². The first-order valence-corrected chi connectivity index (χ1v) is 9.21. The molecule has 1 saturated carbocycles. The van der Waals surface area contributed by atoms with Crippen LogP contribution in [0.4, 0.5) is 11.4 Å². The summed E-state index contributed by atoms with van der Waals surface area (Å²) in [4.78, 5) is 25.0. The van der Waals surface area contributed by atoms with Crippen molar-refractivity contribution in [3.8, 4) is 0 Å². The molecule has 4 nitrogen and oxygen atoms in total. The van der Waals surface area contributed by atoms with Crippen molar-refractivity contribution in [1.82, 2.24) is 0 Å². The molecule has 1 aliphatic carbocycles. The Morgan fingerprint density at radius 1 is 1.04 bits per heavy atom. The van der Waals surface area contributed by atoms with Crippen molar-refractivity contribution in [2.24, 2.45) is 11.8 Å². The first-order valence-electron chi connectivity index (χ1n) is 8.83. The molecule has 2 aromatic carbocycles. The second-order valence-corrected chi connectivity index (χ2v) is 7.57. The number of rotatable bonds is 5. The zero-order chi connectivity index (χ0) is 18.8. The minimum atomic E-state index is -0.291. The van der Waals surface area contributed by atoms with Crippen LogP contribution in [0, 0.1) is 18.8 Å². The van der Waals surface area contributed by atoms with Gasteiger partial charge in [-0.25, -0.2) is 0 Å². The monoisotopic (exact) mass is 370 g/mol. The van der Waals surface area contributed by atoms with E-state index < -0.39 is 0 Å². The number of carbonyl (C=O) groups excluding carboxylic acids is 2. The van der Waals surface area contributed by atoms with E-state index >= 15 is 0 Å². The van der Waals surface area contributed by atoms with E-state index in [2.05, 4.69) is 24.5 Å². The number of aryl methyl sites for hydroxylation is 1. The van der Waals surface area contributed by atoms with Crippen LogP contribution in [0.15, 0.2) is 42.5 Å². The van der Waals surface area contributed by atoms with Gasteiger partial charge in [-0.15, -0.1) is 0 Å². The molecule has 0 aromatic heterocycles. The highest BCUT2D eigenvalue weighted by Gasteiger charge is 2.48. The Labute approximate surface area is 158 Å². The SMILES string of the molecule is Cc1cccc(C(C)C)c1NC(=O)C1CC1C(=O)Nc1cccc(Cl)c1. The Morgan fingerprint density at radius 3 is 2.35 bits per heavy atom. The van der Waals surface area contributed by atoms with Gasteiger partial charge in [0, 0.05) is 16.4 Å². The van der Waals surface area contributed by atoms with Crippen molar-refractivity contribution in [3.63, 3.8) is 0 Å². The summed E-state index contributed by atoms with van der Waals surface area (Å²) in [5.41, 5.74) is 3.66. The molecule has 0 spiro atoms. The molecule has 2 aromatic rings. The summed E-state index contributed by atoms with van der Waals surface area (Å²) in [6, 6.07) is 13.0. The predicted octanol–water partition coefficient (Wildman–Crippen LogP) is 4.99. The molecule has 26 heavy (non-hydrogen) atoms. The lowest BCUT2D eigenvalue weighted by atomic mass is 9.98. The molecule has 2 atom stereocenters. The van der Waals surface area contributed by atoms with E-state index in [-0.39, 0.29) is 23.7 Å². The Balaban J connectivity index is 1.64. The molecule has 1 aliphatic rings. The third kappa shape index (κ3) is 4.07. The fourth-order valence-electron chi connectivity index (χ4n) is 3.13. The molecular formula is C21H23ClN2O2. The lowest BCUT2D eigenvalue weighted by Gasteiger charge is -2.16. The van der Waals surface area contributed by atoms with Crippen LogP contribution >= 0.6 is 11.6 Å². The number of carbonyl (C=O) groups is 2. The largest absolute Gasteiger partial charge is 0.326 e. The molecule has 3 rings (SSSR count). The molecule has 1 fully saturated rings. The Bertz CT molecular complexity index is 848. The molecular weight excluding hydrogens is 348 g/mol. The number of nitrogens with one attached hydrogen (secondary N) is 2. The second-order valence-electron chi connectivity index (χ2n) is 7.13. The lowest BCUT2D eigenvalue weighted by Crippen LogP contribution is -2.21. The quantitative estimate of drug-likeness (QED) is 0.779. The summed E-state index contributed by atoms with van der Waals surface area (Å²) < 4.78 is 0. The molecule has 2 unspecified atom stereocenters. The molecule has 136 valence electrons. The minimum absolute atomic E-state index is 0.0903. The molecule has 0 saturated heterocycles. The third-order valence-electron chi connectivity index (χ3n) is 4.73. The van der Waals surface area contributed by atoms with Crippen LogP contribution < -0.4 is 10.6 Å². The minimum Gasteiger partial charge on any atom is -0.326 e. The summed E-state index contributed by atoms with van der Waals surface area (Å²) in [6.07, 6.45) is 0.571.